The minimum Gasteiger partial charge on any atom is -0.374 e. The third kappa shape index (κ3) is 5.38. The zero-order valence-corrected chi connectivity index (χ0v) is 18.1. The van der Waals surface area contributed by atoms with E-state index >= 15 is 0 Å². The van der Waals surface area contributed by atoms with Gasteiger partial charge in [-0.2, -0.15) is 26.3 Å². The standard InChI is InChI=1S/C24H24F6N2O2/c25-23(26,27)17-10-15(11-18(12-17)24(28,29)30)13-34-14-22(16-4-2-1-3-5-16)9-8-19-20(32-22)6-7-21(33)31-19/h1-5,10-12,19-20,32H,6-9,13-14H2,(H,31,33)/t19?,20?,22-/m0/s1. The predicted octanol–water partition coefficient (Wildman–Crippen LogP) is 5.17. The molecule has 1 amide bonds. The highest BCUT2D eigenvalue weighted by Gasteiger charge is 2.44. The number of amides is 1. The van der Waals surface area contributed by atoms with Crippen molar-refractivity contribution in [2.45, 2.75) is 62.3 Å². The molecule has 2 aromatic rings. The summed E-state index contributed by atoms with van der Waals surface area (Å²) < 4.78 is 84.8. The van der Waals surface area contributed by atoms with Gasteiger partial charge >= 0.3 is 12.4 Å². The van der Waals surface area contributed by atoms with Crippen LogP contribution in [0.15, 0.2) is 48.5 Å². The Balaban J connectivity index is 1.55. The Kier molecular flexibility index (Phi) is 6.65. The molecule has 184 valence electrons. The largest absolute Gasteiger partial charge is 0.416 e. The number of carbonyl (C=O) groups excluding carboxylic acids is 1. The highest BCUT2D eigenvalue weighted by atomic mass is 19.4. The summed E-state index contributed by atoms with van der Waals surface area (Å²) in [5.41, 5.74) is -2.71. The number of benzene rings is 2. The van der Waals surface area contributed by atoms with E-state index in [-0.39, 0.29) is 36.2 Å². The highest BCUT2D eigenvalue weighted by Crippen LogP contribution is 2.38. The molecule has 2 saturated heterocycles. The molecule has 4 rings (SSSR count). The van der Waals surface area contributed by atoms with Crippen LogP contribution >= 0.6 is 0 Å². The molecule has 0 bridgehead atoms. The maximum absolute atomic E-state index is 13.2. The van der Waals surface area contributed by atoms with Gasteiger partial charge in [0.25, 0.3) is 0 Å². The second kappa shape index (κ2) is 9.22. The van der Waals surface area contributed by atoms with E-state index in [4.69, 9.17) is 4.74 Å². The summed E-state index contributed by atoms with van der Waals surface area (Å²) in [4.78, 5) is 11.8. The van der Waals surface area contributed by atoms with E-state index in [1.165, 1.54) is 0 Å². The van der Waals surface area contributed by atoms with Crippen LogP contribution in [0.2, 0.25) is 0 Å². The first-order valence-corrected chi connectivity index (χ1v) is 10.9. The van der Waals surface area contributed by atoms with Gasteiger partial charge in [-0.3, -0.25) is 4.79 Å². The number of hydrogen-bond donors (Lipinski definition) is 2. The van der Waals surface area contributed by atoms with Gasteiger partial charge in [0.2, 0.25) is 5.91 Å². The molecule has 0 spiro atoms. The monoisotopic (exact) mass is 486 g/mol. The van der Waals surface area contributed by atoms with Gasteiger partial charge in [0.15, 0.2) is 0 Å². The third-order valence-electron chi connectivity index (χ3n) is 6.45. The number of nitrogens with one attached hydrogen (secondary N) is 2. The molecule has 0 aliphatic carbocycles. The zero-order chi connectivity index (χ0) is 24.6. The molecule has 0 aromatic heterocycles. The van der Waals surface area contributed by atoms with E-state index in [2.05, 4.69) is 10.6 Å². The molecule has 10 heteroatoms. The Morgan fingerprint density at radius 2 is 1.56 bits per heavy atom. The number of halogens is 6. The molecule has 3 atom stereocenters. The van der Waals surface area contributed by atoms with E-state index in [1.54, 1.807) is 0 Å². The minimum atomic E-state index is -4.91. The van der Waals surface area contributed by atoms with E-state index in [1.807, 2.05) is 30.3 Å². The van der Waals surface area contributed by atoms with Crippen LogP contribution < -0.4 is 10.6 Å². The Labute approximate surface area is 192 Å². The topological polar surface area (TPSA) is 50.4 Å². The van der Waals surface area contributed by atoms with E-state index in [0.29, 0.717) is 37.8 Å². The Hall–Kier alpha value is -2.59. The molecular weight excluding hydrogens is 462 g/mol. The van der Waals surface area contributed by atoms with Crippen LogP contribution in [0.4, 0.5) is 26.3 Å². The second-order valence-corrected chi connectivity index (χ2v) is 8.86. The fraction of sp³-hybridized carbons (Fsp3) is 0.458. The number of rotatable bonds is 5. The van der Waals surface area contributed by atoms with Crippen molar-refractivity contribution in [1.82, 2.24) is 10.6 Å². The number of alkyl halides is 6. The van der Waals surface area contributed by atoms with Crippen LogP contribution in [0.5, 0.6) is 0 Å². The van der Waals surface area contributed by atoms with Crippen LogP contribution in [0.1, 0.15) is 47.9 Å². The number of piperidine rings is 2. The first kappa shape index (κ1) is 24.5. The van der Waals surface area contributed by atoms with Gasteiger partial charge in [-0.1, -0.05) is 30.3 Å². The van der Waals surface area contributed by atoms with Crippen LogP contribution in [-0.2, 0) is 34.0 Å². The lowest BCUT2D eigenvalue weighted by Crippen LogP contribution is -2.64. The van der Waals surface area contributed by atoms with E-state index < -0.39 is 35.6 Å². The molecular formula is C24H24F6N2O2. The first-order chi connectivity index (χ1) is 16.0. The van der Waals surface area contributed by atoms with Gasteiger partial charge in [-0.05, 0) is 48.6 Å². The lowest BCUT2D eigenvalue weighted by atomic mass is 9.77. The van der Waals surface area contributed by atoms with Crippen molar-refractivity contribution in [3.63, 3.8) is 0 Å². The Morgan fingerprint density at radius 1 is 0.912 bits per heavy atom. The molecule has 2 N–H and O–H groups in total. The molecule has 2 heterocycles. The van der Waals surface area contributed by atoms with E-state index in [0.717, 1.165) is 5.56 Å². The van der Waals surface area contributed by atoms with Crippen molar-refractivity contribution in [2.24, 2.45) is 0 Å². The number of hydrogen-bond acceptors (Lipinski definition) is 3. The summed E-state index contributed by atoms with van der Waals surface area (Å²) in [6.07, 6.45) is -7.56. The van der Waals surface area contributed by atoms with Crippen LogP contribution in [0, 0.1) is 0 Å². The van der Waals surface area contributed by atoms with Gasteiger partial charge in [-0.25, -0.2) is 0 Å². The fourth-order valence-corrected chi connectivity index (χ4v) is 4.77. The maximum Gasteiger partial charge on any atom is 0.416 e. The van der Waals surface area contributed by atoms with Crippen LogP contribution in [0.25, 0.3) is 0 Å². The van der Waals surface area contributed by atoms with Crippen LogP contribution in [0.3, 0.4) is 0 Å². The summed E-state index contributed by atoms with van der Waals surface area (Å²) in [7, 11) is 0. The van der Waals surface area contributed by atoms with Crippen molar-refractivity contribution in [2.75, 3.05) is 6.61 Å². The van der Waals surface area contributed by atoms with Gasteiger partial charge in [0.05, 0.1) is 29.9 Å². The molecule has 0 saturated carbocycles. The lowest BCUT2D eigenvalue weighted by molar-refractivity contribution is -0.143. The normalized spacial score (nSPS) is 25.5. The fourth-order valence-electron chi connectivity index (χ4n) is 4.77. The average Bonchev–Trinajstić information content (AvgIpc) is 2.78. The number of fused-ring (bicyclic) bond motifs is 1. The summed E-state index contributed by atoms with van der Waals surface area (Å²) in [6, 6.07) is 10.8. The minimum absolute atomic E-state index is 0.00322. The van der Waals surface area contributed by atoms with Crippen molar-refractivity contribution < 1.29 is 35.9 Å². The Bertz CT molecular complexity index is 992. The predicted molar refractivity (Wildman–Crippen MR) is 112 cm³/mol. The van der Waals surface area contributed by atoms with Crippen molar-refractivity contribution >= 4 is 5.91 Å². The lowest BCUT2D eigenvalue weighted by Gasteiger charge is -2.48. The molecule has 34 heavy (non-hydrogen) atoms. The molecule has 2 aliphatic rings. The maximum atomic E-state index is 13.2. The summed E-state index contributed by atoms with van der Waals surface area (Å²) in [6.45, 7) is -0.361. The average molecular weight is 486 g/mol. The van der Waals surface area contributed by atoms with Crippen LogP contribution in [-0.4, -0.2) is 24.6 Å². The zero-order valence-electron chi connectivity index (χ0n) is 18.1. The molecule has 2 unspecified atom stereocenters. The second-order valence-electron chi connectivity index (χ2n) is 8.86. The molecule has 0 radical (unpaired) electrons. The van der Waals surface area contributed by atoms with Crippen molar-refractivity contribution in [3.05, 3.63) is 70.8 Å². The highest BCUT2D eigenvalue weighted by molar-refractivity contribution is 5.77. The van der Waals surface area contributed by atoms with Gasteiger partial charge in [0.1, 0.15) is 0 Å². The van der Waals surface area contributed by atoms with Gasteiger partial charge in [-0.15, -0.1) is 0 Å². The first-order valence-electron chi connectivity index (χ1n) is 10.9. The SMILES string of the molecule is O=C1CCC2N[C@@](COCc3cc(C(F)(F)F)cc(C(F)(F)F)c3)(c3ccccc3)CCC2N1. The number of carbonyl (C=O) groups is 1. The molecule has 2 fully saturated rings. The smallest absolute Gasteiger partial charge is 0.374 e. The van der Waals surface area contributed by atoms with Crippen molar-refractivity contribution in [1.29, 1.82) is 0 Å². The summed E-state index contributed by atoms with van der Waals surface area (Å²) in [5.74, 6) is -0.00322. The van der Waals surface area contributed by atoms with E-state index in [9.17, 15) is 31.1 Å². The molecule has 2 aliphatic heterocycles. The molecule has 2 aromatic carbocycles. The third-order valence-corrected chi connectivity index (χ3v) is 6.45. The summed E-state index contributed by atoms with van der Waals surface area (Å²) in [5, 5.41) is 6.54. The summed E-state index contributed by atoms with van der Waals surface area (Å²) >= 11 is 0. The quantitative estimate of drug-likeness (QED) is 0.574. The number of ether oxygens (including phenoxy) is 1. The van der Waals surface area contributed by atoms with Gasteiger partial charge in [0, 0.05) is 18.5 Å². The molecule has 4 nitrogen and oxygen atoms in total. The Morgan fingerprint density at radius 3 is 2.18 bits per heavy atom. The van der Waals surface area contributed by atoms with Gasteiger partial charge < -0.3 is 15.4 Å². The van der Waals surface area contributed by atoms with Crippen molar-refractivity contribution in [3.8, 4) is 0 Å².